The van der Waals surface area contributed by atoms with Crippen molar-refractivity contribution in [2.75, 3.05) is 7.11 Å². The van der Waals surface area contributed by atoms with Gasteiger partial charge >= 0.3 is 5.97 Å². The molecule has 0 heterocycles. The second-order valence-corrected chi connectivity index (χ2v) is 4.48. The molecule has 0 saturated heterocycles. The normalized spacial score (nSPS) is 10.3. The molecular weight excluding hydrogens is 240 g/mol. The second-order valence-electron chi connectivity index (χ2n) is 4.48. The van der Waals surface area contributed by atoms with Gasteiger partial charge in [0.25, 0.3) is 0 Å². The van der Waals surface area contributed by atoms with Gasteiger partial charge in [0.15, 0.2) is 0 Å². The molecule has 0 unspecified atom stereocenters. The van der Waals surface area contributed by atoms with Gasteiger partial charge in [-0.2, -0.15) is 0 Å². The summed E-state index contributed by atoms with van der Waals surface area (Å²) in [6, 6.07) is 11.2. The first kappa shape index (κ1) is 13.1. The van der Waals surface area contributed by atoms with Crippen molar-refractivity contribution in [2.24, 2.45) is 0 Å². The van der Waals surface area contributed by atoms with E-state index in [2.05, 4.69) is 0 Å². The van der Waals surface area contributed by atoms with Gasteiger partial charge in [-0.1, -0.05) is 24.3 Å². The highest BCUT2D eigenvalue weighted by molar-refractivity contribution is 5.98. The fraction of sp³-hybridized carbons (Fsp3) is 0.188. The summed E-state index contributed by atoms with van der Waals surface area (Å²) in [6.45, 7) is 3.76. The highest BCUT2D eigenvalue weighted by Crippen LogP contribution is 2.31. The molecule has 0 atom stereocenters. The van der Waals surface area contributed by atoms with E-state index in [4.69, 9.17) is 4.74 Å². The first-order valence-corrected chi connectivity index (χ1v) is 6.02. The summed E-state index contributed by atoms with van der Waals surface area (Å²) in [6.07, 6.45) is 0. The number of hydrogen-bond donors (Lipinski definition) is 1. The largest absolute Gasteiger partial charge is 0.497 e. The van der Waals surface area contributed by atoms with Crippen molar-refractivity contribution in [1.82, 2.24) is 0 Å². The van der Waals surface area contributed by atoms with Crippen LogP contribution in [0.25, 0.3) is 11.1 Å². The molecule has 2 rings (SSSR count). The van der Waals surface area contributed by atoms with E-state index < -0.39 is 5.97 Å². The molecule has 2 aromatic rings. The zero-order valence-corrected chi connectivity index (χ0v) is 11.2. The Morgan fingerprint density at radius 3 is 2.37 bits per heavy atom. The number of rotatable bonds is 3. The standard InChI is InChI=1S/C16H16O3/c1-10-5-4-6-14(15(10)16(17)18)13-8-7-12(19-3)9-11(13)2/h4-9H,1-3H3,(H,17,18). The third kappa shape index (κ3) is 2.45. The summed E-state index contributed by atoms with van der Waals surface area (Å²) in [7, 11) is 1.61. The first-order chi connectivity index (χ1) is 9.04. The number of benzene rings is 2. The summed E-state index contributed by atoms with van der Waals surface area (Å²) in [5.74, 6) is -0.130. The molecule has 3 heteroatoms. The van der Waals surface area contributed by atoms with Crippen LogP contribution in [0.5, 0.6) is 5.75 Å². The summed E-state index contributed by atoms with van der Waals surface area (Å²) in [5.41, 5.74) is 3.78. The predicted octanol–water partition coefficient (Wildman–Crippen LogP) is 3.68. The Balaban J connectivity index is 2.65. The summed E-state index contributed by atoms with van der Waals surface area (Å²) >= 11 is 0. The third-order valence-electron chi connectivity index (χ3n) is 3.21. The van der Waals surface area contributed by atoms with Gasteiger partial charge in [-0.05, 0) is 48.2 Å². The Bertz CT molecular complexity index is 630. The molecule has 0 amide bonds. The molecule has 0 aliphatic rings. The molecule has 0 spiro atoms. The van der Waals surface area contributed by atoms with Crippen LogP contribution in [0, 0.1) is 13.8 Å². The fourth-order valence-corrected chi connectivity index (χ4v) is 2.24. The first-order valence-electron chi connectivity index (χ1n) is 6.02. The van der Waals surface area contributed by atoms with Crippen molar-refractivity contribution in [3.63, 3.8) is 0 Å². The molecule has 1 N–H and O–H groups in total. The number of methoxy groups -OCH3 is 1. The number of carboxylic acid groups (broad SMARTS) is 1. The predicted molar refractivity (Wildman–Crippen MR) is 74.9 cm³/mol. The quantitative estimate of drug-likeness (QED) is 0.911. The van der Waals surface area contributed by atoms with Crippen molar-refractivity contribution in [1.29, 1.82) is 0 Å². The Morgan fingerprint density at radius 2 is 1.79 bits per heavy atom. The van der Waals surface area contributed by atoms with Gasteiger partial charge in [-0.25, -0.2) is 4.79 Å². The van der Waals surface area contributed by atoms with Crippen LogP contribution in [0.15, 0.2) is 36.4 Å². The molecule has 0 aliphatic carbocycles. The van der Waals surface area contributed by atoms with Crippen LogP contribution in [0.4, 0.5) is 0 Å². The smallest absolute Gasteiger partial charge is 0.336 e. The fourth-order valence-electron chi connectivity index (χ4n) is 2.24. The molecule has 0 saturated carbocycles. The van der Waals surface area contributed by atoms with Crippen molar-refractivity contribution in [3.05, 3.63) is 53.1 Å². The average Bonchev–Trinajstić information content (AvgIpc) is 2.37. The maximum atomic E-state index is 11.4. The lowest BCUT2D eigenvalue weighted by Gasteiger charge is -2.12. The Morgan fingerprint density at radius 1 is 1.05 bits per heavy atom. The molecular formula is C16H16O3. The van der Waals surface area contributed by atoms with Gasteiger partial charge in [0, 0.05) is 0 Å². The summed E-state index contributed by atoms with van der Waals surface area (Å²) in [5, 5.41) is 9.37. The van der Waals surface area contributed by atoms with Crippen LogP contribution >= 0.6 is 0 Å². The molecule has 0 aliphatic heterocycles. The van der Waals surface area contributed by atoms with Gasteiger partial charge in [0.1, 0.15) is 5.75 Å². The van der Waals surface area contributed by atoms with Crippen LogP contribution in [-0.2, 0) is 0 Å². The maximum Gasteiger partial charge on any atom is 0.336 e. The molecule has 98 valence electrons. The molecule has 0 radical (unpaired) electrons. The second kappa shape index (κ2) is 5.14. The van der Waals surface area contributed by atoms with Crippen molar-refractivity contribution < 1.29 is 14.6 Å². The Labute approximate surface area is 112 Å². The van der Waals surface area contributed by atoms with Gasteiger partial charge in [0.05, 0.1) is 12.7 Å². The summed E-state index contributed by atoms with van der Waals surface area (Å²) < 4.78 is 5.17. The van der Waals surface area contributed by atoms with Crippen molar-refractivity contribution in [3.8, 4) is 16.9 Å². The summed E-state index contributed by atoms with van der Waals surface area (Å²) in [4.78, 5) is 11.4. The number of aromatic carboxylic acids is 1. The lowest BCUT2D eigenvalue weighted by atomic mass is 9.93. The van der Waals surface area contributed by atoms with E-state index in [1.165, 1.54) is 0 Å². The van der Waals surface area contributed by atoms with E-state index >= 15 is 0 Å². The lowest BCUT2D eigenvalue weighted by molar-refractivity contribution is 0.0697. The van der Waals surface area contributed by atoms with E-state index in [9.17, 15) is 9.90 Å². The van der Waals surface area contributed by atoms with E-state index in [0.29, 0.717) is 5.56 Å². The van der Waals surface area contributed by atoms with E-state index in [-0.39, 0.29) is 0 Å². The lowest BCUT2D eigenvalue weighted by Crippen LogP contribution is -2.03. The molecule has 3 nitrogen and oxygen atoms in total. The zero-order chi connectivity index (χ0) is 14.0. The van der Waals surface area contributed by atoms with Gasteiger partial charge in [-0.3, -0.25) is 0 Å². The van der Waals surface area contributed by atoms with E-state index in [1.807, 2.05) is 50.2 Å². The number of ether oxygens (including phenoxy) is 1. The number of carboxylic acids is 1. The van der Waals surface area contributed by atoms with Gasteiger partial charge < -0.3 is 9.84 Å². The van der Waals surface area contributed by atoms with Crippen LogP contribution in [-0.4, -0.2) is 18.2 Å². The molecule has 0 bridgehead atoms. The Hall–Kier alpha value is -2.29. The van der Waals surface area contributed by atoms with Crippen LogP contribution < -0.4 is 4.74 Å². The van der Waals surface area contributed by atoms with E-state index in [0.717, 1.165) is 28.0 Å². The monoisotopic (exact) mass is 256 g/mol. The molecule has 19 heavy (non-hydrogen) atoms. The molecule has 2 aromatic carbocycles. The zero-order valence-electron chi connectivity index (χ0n) is 11.2. The van der Waals surface area contributed by atoms with Crippen LogP contribution in [0.1, 0.15) is 21.5 Å². The minimum atomic E-state index is -0.900. The third-order valence-corrected chi connectivity index (χ3v) is 3.21. The minimum Gasteiger partial charge on any atom is -0.497 e. The molecule has 0 fully saturated rings. The maximum absolute atomic E-state index is 11.4. The van der Waals surface area contributed by atoms with E-state index in [1.54, 1.807) is 7.11 Å². The van der Waals surface area contributed by atoms with Crippen molar-refractivity contribution in [2.45, 2.75) is 13.8 Å². The minimum absolute atomic E-state index is 0.357. The number of aryl methyl sites for hydroxylation is 2. The number of hydrogen-bond acceptors (Lipinski definition) is 2. The van der Waals surface area contributed by atoms with Gasteiger partial charge in [-0.15, -0.1) is 0 Å². The Kier molecular flexibility index (Phi) is 3.56. The highest BCUT2D eigenvalue weighted by atomic mass is 16.5. The average molecular weight is 256 g/mol. The van der Waals surface area contributed by atoms with Crippen LogP contribution in [0.2, 0.25) is 0 Å². The topological polar surface area (TPSA) is 46.5 Å². The highest BCUT2D eigenvalue weighted by Gasteiger charge is 2.15. The number of carbonyl (C=O) groups is 1. The van der Waals surface area contributed by atoms with Crippen LogP contribution in [0.3, 0.4) is 0 Å². The van der Waals surface area contributed by atoms with Gasteiger partial charge in [0.2, 0.25) is 0 Å². The SMILES string of the molecule is COc1ccc(-c2cccc(C)c2C(=O)O)c(C)c1. The van der Waals surface area contributed by atoms with Crippen molar-refractivity contribution >= 4 is 5.97 Å². The molecule has 0 aromatic heterocycles.